The van der Waals surface area contributed by atoms with Crippen LogP contribution >= 0.6 is 0 Å². The zero-order valence-electron chi connectivity index (χ0n) is 14.9. The lowest BCUT2D eigenvalue weighted by Gasteiger charge is -2.09. The van der Waals surface area contributed by atoms with Crippen molar-refractivity contribution in [1.29, 1.82) is 0 Å². The van der Waals surface area contributed by atoms with Gasteiger partial charge in [0.05, 0.1) is 21.3 Å². The fourth-order valence-corrected chi connectivity index (χ4v) is 2.25. The van der Waals surface area contributed by atoms with Crippen molar-refractivity contribution in [2.45, 2.75) is 0 Å². The lowest BCUT2D eigenvalue weighted by atomic mass is 10.1. The molecule has 26 heavy (non-hydrogen) atoms. The molecule has 0 saturated carbocycles. The molecular weight excluding hydrogens is 336 g/mol. The molecule has 0 atom stereocenters. The molecule has 2 rings (SSSR count). The van der Waals surface area contributed by atoms with E-state index in [1.165, 1.54) is 20.3 Å². The predicted molar refractivity (Wildman–Crippen MR) is 96.9 cm³/mol. The number of methoxy groups -OCH3 is 3. The van der Waals surface area contributed by atoms with Gasteiger partial charge in [-0.15, -0.1) is 0 Å². The van der Waals surface area contributed by atoms with Gasteiger partial charge in [-0.05, 0) is 36.4 Å². The van der Waals surface area contributed by atoms with Gasteiger partial charge in [0, 0.05) is 17.2 Å². The van der Waals surface area contributed by atoms with E-state index in [-0.39, 0.29) is 12.4 Å². The first-order valence-electron chi connectivity index (χ1n) is 7.82. The van der Waals surface area contributed by atoms with Gasteiger partial charge in [-0.1, -0.05) is 12.1 Å². The Labute approximate surface area is 151 Å². The van der Waals surface area contributed by atoms with E-state index in [1.54, 1.807) is 55.7 Å². The maximum absolute atomic E-state index is 12.0. The second-order valence-corrected chi connectivity index (χ2v) is 5.18. The zero-order chi connectivity index (χ0) is 18.9. The molecule has 0 unspecified atom stereocenters. The van der Waals surface area contributed by atoms with Crippen LogP contribution in [0.5, 0.6) is 17.2 Å². The van der Waals surface area contributed by atoms with Crippen LogP contribution in [0.4, 0.5) is 0 Å². The monoisotopic (exact) mass is 356 g/mol. The predicted octanol–water partition coefficient (Wildman–Crippen LogP) is 3.15. The summed E-state index contributed by atoms with van der Waals surface area (Å²) in [6, 6.07) is 11.9. The quantitative estimate of drug-likeness (QED) is 0.411. The van der Waals surface area contributed by atoms with Gasteiger partial charge in [-0.25, -0.2) is 4.79 Å². The van der Waals surface area contributed by atoms with E-state index in [2.05, 4.69) is 0 Å². The van der Waals surface area contributed by atoms with E-state index in [1.807, 2.05) is 0 Å². The van der Waals surface area contributed by atoms with Crippen molar-refractivity contribution in [1.82, 2.24) is 0 Å². The van der Waals surface area contributed by atoms with Gasteiger partial charge in [0.2, 0.25) is 0 Å². The molecule has 0 amide bonds. The molecule has 0 fully saturated rings. The third-order valence-corrected chi connectivity index (χ3v) is 3.59. The molecule has 0 spiro atoms. The number of carbonyl (C=O) groups excluding carboxylic acids is 2. The number of rotatable bonds is 8. The first-order valence-corrected chi connectivity index (χ1v) is 7.82. The van der Waals surface area contributed by atoms with Crippen molar-refractivity contribution in [3.05, 3.63) is 59.7 Å². The molecule has 0 bridgehead atoms. The van der Waals surface area contributed by atoms with Gasteiger partial charge < -0.3 is 18.9 Å². The number of Topliss-reactive ketones (excluding diaryl/α,β-unsaturated/α-hetero) is 1. The van der Waals surface area contributed by atoms with E-state index < -0.39 is 5.97 Å². The SMILES string of the molecule is COc1ccc(C(=O)COC(=O)/C=C/c2cccc(OC)c2OC)cc1. The summed E-state index contributed by atoms with van der Waals surface area (Å²) in [6.45, 7) is -0.343. The van der Waals surface area contributed by atoms with Crippen molar-refractivity contribution >= 4 is 17.8 Å². The number of ketones is 1. The molecule has 0 heterocycles. The van der Waals surface area contributed by atoms with Crippen molar-refractivity contribution in [2.24, 2.45) is 0 Å². The van der Waals surface area contributed by atoms with Gasteiger partial charge in [-0.3, -0.25) is 4.79 Å². The van der Waals surface area contributed by atoms with Crippen LogP contribution in [0.2, 0.25) is 0 Å². The molecule has 2 aromatic carbocycles. The highest BCUT2D eigenvalue weighted by Gasteiger charge is 2.10. The minimum absolute atomic E-state index is 0.298. The summed E-state index contributed by atoms with van der Waals surface area (Å²) in [6.07, 6.45) is 2.78. The molecule has 0 aliphatic carbocycles. The van der Waals surface area contributed by atoms with Crippen molar-refractivity contribution < 1.29 is 28.5 Å². The highest BCUT2D eigenvalue weighted by atomic mass is 16.5. The Hall–Kier alpha value is -3.28. The summed E-state index contributed by atoms with van der Waals surface area (Å²) in [5.74, 6) is 0.782. The van der Waals surface area contributed by atoms with E-state index >= 15 is 0 Å². The standard InChI is InChI=1S/C20H20O6/c1-23-16-10-7-14(8-11-16)17(21)13-26-19(22)12-9-15-5-4-6-18(24-2)20(15)25-3/h4-12H,13H2,1-3H3/b12-9+. The van der Waals surface area contributed by atoms with Gasteiger partial charge >= 0.3 is 5.97 Å². The fourth-order valence-electron chi connectivity index (χ4n) is 2.25. The van der Waals surface area contributed by atoms with Crippen LogP contribution < -0.4 is 14.2 Å². The van der Waals surface area contributed by atoms with E-state index in [4.69, 9.17) is 18.9 Å². The largest absolute Gasteiger partial charge is 0.497 e. The number of esters is 1. The Morgan fingerprint density at radius 1 is 0.923 bits per heavy atom. The van der Waals surface area contributed by atoms with Crippen LogP contribution in [0, 0.1) is 0 Å². The molecule has 0 aliphatic heterocycles. The fraction of sp³-hybridized carbons (Fsp3) is 0.200. The number of ether oxygens (including phenoxy) is 4. The van der Waals surface area contributed by atoms with Crippen molar-refractivity contribution in [3.63, 3.8) is 0 Å². The molecule has 0 aromatic heterocycles. The van der Waals surface area contributed by atoms with Crippen molar-refractivity contribution in [3.8, 4) is 17.2 Å². The third-order valence-electron chi connectivity index (χ3n) is 3.59. The van der Waals surface area contributed by atoms with Gasteiger partial charge in [-0.2, -0.15) is 0 Å². The third kappa shape index (κ3) is 4.86. The lowest BCUT2D eigenvalue weighted by molar-refractivity contribution is -0.136. The smallest absolute Gasteiger partial charge is 0.331 e. The molecular formula is C20H20O6. The Morgan fingerprint density at radius 2 is 1.65 bits per heavy atom. The average Bonchev–Trinajstić information content (AvgIpc) is 2.69. The number of carbonyl (C=O) groups is 2. The molecule has 2 aromatic rings. The molecule has 6 heteroatoms. The normalized spacial score (nSPS) is 10.4. The molecule has 0 saturated heterocycles. The molecule has 136 valence electrons. The summed E-state index contributed by atoms with van der Waals surface area (Å²) >= 11 is 0. The van der Waals surface area contributed by atoms with Crippen LogP contribution in [0.25, 0.3) is 6.08 Å². The van der Waals surface area contributed by atoms with E-state index in [9.17, 15) is 9.59 Å². The molecule has 6 nitrogen and oxygen atoms in total. The Balaban J connectivity index is 1.96. The minimum Gasteiger partial charge on any atom is -0.497 e. The van der Waals surface area contributed by atoms with Crippen LogP contribution in [-0.4, -0.2) is 39.7 Å². The van der Waals surface area contributed by atoms with E-state index in [0.717, 1.165) is 0 Å². The number of hydrogen-bond donors (Lipinski definition) is 0. The second kappa shape index (κ2) is 9.27. The Kier molecular flexibility index (Phi) is 6.79. The Bertz CT molecular complexity index is 792. The second-order valence-electron chi connectivity index (χ2n) is 5.18. The molecule has 0 N–H and O–H groups in total. The maximum atomic E-state index is 12.0. The van der Waals surface area contributed by atoms with Crippen LogP contribution in [-0.2, 0) is 9.53 Å². The topological polar surface area (TPSA) is 71.1 Å². The lowest BCUT2D eigenvalue weighted by Crippen LogP contribution is -2.12. The molecule has 0 radical (unpaired) electrons. The highest BCUT2D eigenvalue weighted by molar-refractivity contribution is 5.99. The van der Waals surface area contributed by atoms with Gasteiger partial charge in [0.25, 0.3) is 0 Å². The van der Waals surface area contributed by atoms with E-state index in [0.29, 0.717) is 28.4 Å². The van der Waals surface area contributed by atoms with Crippen LogP contribution in [0.1, 0.15) is 15.9 Å². The van der Waals surface area contributed by atoms with Crippen LogP contribution in [0.15, 0.2) is 48.5 Å². The summed E-state index contributed by atoms with van der Waals surface area (Å²) in [5, 5.41) is 0. The first-order chi connectivity index (χ1) is 12.6. The minimum atomic E-state index is -0.628. The van der Waals surface area contributed by atoms with Gasteiger partial charge in [0.15, 0.2) is 23.9 Å². The number of benzene rings is 2. The summed E-state index contributed by atoms with van der Waals surface area (Å²) in [7, 11) is 4.59. The number of hydrogen-bond acceptors (Lipinski definition) is 6. The maximum Gasteiger partial charge on any atom is 0.331 e. The number of para-hydroxylation sites is 1. The average molecular weight is 356 g/mol. The zero-order valence-corrected chi connectivity index (χ0v) is 14.9. The van der Waals surface area contributed by atoms with Gasteiger partial charge in [0.1, 0.15) is 5.75 Å². The summed E-state index contributed by atoms with van der Waals surface area (Å²) in [5.41, 5.74) is 1.10. The molecule has 0 aliphatic rings. The van der Waals surface area contributed by atoms with Crippen molar-refractivity contribution in [2.75, 3.05) is 27.9 Å². The summed E-state index contributed by atoms with van der Waals surface area (Å²) < 4.78 is 20.5. The highest BCUT2D eigenvalue weighted by Crippen LogP contribution is 2.31. The van der Waals surface area contributed by atoms with Crippen LogP contribution in [0.3, 0.4) is 0 Å². The summed E-state index contributed by atoms with van der Waals surface area (Å²) in [4.78, 5) is 23.9. The Morgan fingerprint density at radius 3 is 2.27 bits per heavy atom. The first kappa shape index (κ1) is 19.1.